The van der Waals surface area contributed by atoms with E-state index in [1.54, 1.807) is 0 Å². The molecule has 0 N–H and O–H groups in total. The number of nitrogens with zero attached hydrogens (tertiary/aromatic N) is 2. The first-order valence-electron chi connectivity index (χ1n) is 20.8. The lowest BCUT2D eigenvalue weighted by Gasteiger charge is -2.29. The average Bonchev–Trinajstić information content (AvgIpc) is 3.93. The van der Waals surface area contributed by atoms with Crippen molar-refractivity contribution in [1.82, 2.24) is 4.57 Å². The van der Waals surface area contributed by atoms with Crippen LogP contribution >= 0.6 is 0 Å². The van der Waals surface area contributed by atoms with Gasteiger partial charge in [0, 0.05) is 38.5 Å². The van der Waals surface area contributed by atoms with Gasteiger partial charge in [-0.25, -0.2) is 0 Å². The second kappa shape index (κ2) is 13.2. The number of benzene rings is 9. The van der Waals surface area contributed by atoms with Crippen LogP contribution in [0.25, 0.3) is 82.8 Å². The van der Waals surface area contributed by atoms with Crippen molar-refractivity contribution in [1.29, 1.82) is 0 Å². The van der Waals surface area contributed by atoms with Gasteiger partial charge in [0.15, 0.2) is 0 Å². The number of hydrogen-bond acceptors (Lipinski definition) is 2. The van der Waals surface area contributed by atoms with E-state index in [9.17, 15) is 0 Å². The zero-order chi connectivity index (χ0) is 40.0. The van der Waals surface area contributed by atoms with Crippen molar-refractivity contribution in [2.45, 2.75) is 19.3 Å². The number of rotatable bonds is 6. The second-order valence-electron chi connectivity index (χ2n) is 16.5. The molecule has 1 aliphatic rings. The Bertz CT molecular complexity index is 3450. The third kappa shape index (κ3) is 5.15. The Kier molecular flexibility index (Phi) is 7.58. The molecule has 284 valence electrons. The van der Waals surface area contributed by atoms with E-state index in [4.69, 9.17) is 4.42 Å². The minimum atomic E-state index is -0.136. The van der Waals surface area contributed by atoms with E-state index in [-0.39, 0.29) is 5.41 Å². The first-order valence-corrected chi connectivity index (χ1v) is 20.8. The summed E-state index contributed by atoms with van der Waals surface area (Å²) in [6, 6.07) is 74.8. The Morgan fingerprint density at radius 2 is 1.05 bits per heavy atom. The molecular weight excluding hydrogens is 729 g/mol. The average molecular weight is 769 g/mol. The molecule has 60 heavy (non-hydrogen) atoms. The zero-order valence-electron chi connectivity index (χ0n) is 33.4. The lowest BCUT2D eigenvalue weighted by Crippen LogP contribution is -2.16. The molecule has 0 aliphatic heterocycles. The number of aromatic nitrogens is 1. The van der Waals surface area contributed by atoms with Gasteiger partial charge >= 0.3 is 0 Å². The third-order valence-corrected chi connectivity index (χ3v) is 12.8. The molecule has 2 aromatic heterocycles. The molecule has 9 aromatic carbocycles. The summed E-state index contributed by atoms with van der Waals surface area (Å²) in [5, 5.41) is 4.65. The van der Waals surface area contributed by atoms with Gasteiger partial charge in [-0.3, -0.25) is 0 Å². The van der Waals surface area contributed by atoms with Crippen molar-refractivity contribution in [3.05, 3.63) is 217 Å². The van der Waals surface area contributed by atoms with Gasteiger partial charge in [0.25, 0.3) is 0 Å². The third-order valence-electron chi connectivity index (χ3n) is 12.8. The van der Waals surface area contributed by atoms with Gasteiger partial charge in [0.05, 0.1) is 27.8 Å². The lowest BCUT2D eigenvalue weighted by molar-refractivity contribution is 0.660. The molecule has 2 heterocycles. The molecule has 0 unspecified atom stereocenters. The second-order valence-corrected chi connectivity index (χ2v) is 16.5. The van der Waals surface area contributed by atoms with Gasteiger partial charge in [0.2, 0.25) is 0 Å². The minimum Gasteiger partial charge on any atom is -0.456 e. The molecule has 12 rings (SSSR count). The summed E-state index contributed by atoms with van der Waals surface area (Å²) in [6.07, 6.45) is 0. The predicted octanol–water partition coefficient (Wildman–Crippen LogP) is 15.8. The number of fused-ring (bicyclic) bond motifs is 9. The predicted molar refractivity (Wildman–Crippen MR) is 251 cm³/mol. The van der Waals surface area contributed by atoms with E-state index in [1.165, 1.54) is 60.8 Å². The van der Waals surface area contributed by atoms with Crippen LogP contribution in [0.5, 0.6) is 0 Å². The molecule has 0 amide bonds. The first-order chi connectivity index (χ1) is 29.5. The fourth-order valence-electron chi connectivity index (χ4n) is 9.94. The molecule has 1 aliphatic carbocycles. The van der Waals surface area contributed by atoms with Crippen LogP contribution in [0, 0.1) is 0 Å². The number of para-hydroxylation sites is 2. The molecule has 0 spiro atoms. The molecule has 11 aromatic rings. The highest BCUT2D eigenvalue weighted by molar-refractivity contribution is 6.16. The van der Waals surface area contributed by atoms with Crippen molar-refractivity contribution in [2.24, 2.45) is 0 Å². The molecule has 0 bridgehead atoms. The zero-order valence-corrected chi connectivity index (χ0v) is 33.4. The summed E-state index contributed by atoms with van der Waals surface area (Å²) in [4.78, 5) is 2.46. The molecule has 3 heteroatoms. The summed E-state index contributed by atoms with van der Waals surface area (Å²) in [5.41, 5.74) is 18.4. The Hall–Kier alpha value is -7.62. The highest BCUT2D eigenvalue weighted by atomic mass is 16.3. The van der Waals surface area contributed by atoms with Crippen LogP contribution in [0.2, 0.25) is 0 Å². The van der Waals surface area contributed by atoms with Crippen LogP contribution in [0.4, 0.5) is 17.1 Å². The van der Waals surface area contributed by atoms with Crippen molar-refractivity contribution >= 4 is 60.8 Å². The standard InChI is InChI=1S/C57H40N2O/c1-57(2)47-21-11-9-20-44(47)55-48(57)22-13-24-51(55)59(42-31-27-38(28-32-42)37-15-5-3-6-16-37)52-25-14-26-54-56(52)46-36-40(30-34-53(46)60-54)39-29-33-50-45(35-39)43-19-10-12-23-49(43)58(50)41-17-7-4-8-18-41/h3-36H,1-2H3. The maximum absolute atomic E-state index is 6.72. The maximum Gasteiger partial charge on any atom is 0.137 e. The number of anilines is 3. The summed E-state index contributed by atoms with van der Waals surface area (Å²) in [6.45, 7) is 4.70. The normalized spacial score (nSPS) is 13.0. The van der Waals surface area contributed by atoms with Gasteiger partial charge < -0.3 is 13.9 Å². The lowest BCUT2D eigenvalue weighted by atomic mass is 9.82. The van der Waals surface area contributed by atoms with E-state index in [2.05, 4.69) is 230 Å². The summed E-state index contributed by atoms with van der Waals surface area (Å²) < 4.78 is 9.08. The summed E-state index contributed by atoms with van der Waals surface area (Å²) in [5.74, 6) is 0. The summed E-state index contributed by atoms with van der Waals surface area (Å²) in [7, 11) is 0. The fourth-order valence-corrected chi connectivity index (χ4v) is 9.94. The van der Waals surface area contributed by atoms with Crippen LogP contribution in [-0.2, 0) is 5.41 Å². The fraction of sp³-hybridized carbons (Fsp3) is 0.0526. The molecule has 0 atom stereocenters. The summed E-state index contributed by atoms with van der Waals surface area (Å²) >= 11 is 0. The van der Waals surface area contributed by atoms with Crippen molar-refractivity contribution < 1.29 is 4.42 Å². The molecule has 3 nitrogen and oxygen atoms in total. The molecule has 0 saturated carbocycles. The van der Waals surface area contributed by atoms with Gasteiger partial charge in [0.1, 0.15) is 11.2 Å². The van der Waals surface area contributed by atoms with Crippen LogP contribution < -0.4 is 4.90 Å². The van der Waals surface area contributed by atoms with Crippen molar-refractivity contribution in [3.8, 4) is 39.1 Å². The van der Waals surface area contributed by atoms with Crippen molar-refractivity contribution in [2.75, 3.05) is 4.90 Å². The first kappa shape index (κ1) is 34.4. The smallest absolute Gasteiger partial charge is 0.137 e. The highest BCUT2D eigenvalue weighted by Crippen LogP contribution is 2.55. The van der Waals surface area contributed by atoms with Gasteiger partial charge in [-0.2, -0.15) is 0 Å². The topological polar surface area (TPSA) is 21.3 Å². The Labute approximate surface area is 349 Å². The van der Waals surface area contributed by atoms with Crippen LogP contribution in [-0.4, -0.2) is 4.57 Å². The molecule has 0 radical (unpaired) electrons. The Balaban J connectivity index is 1.07. The number of hydrogen-bond donors (Lipinski definition) is 0. The Morgan fingerprint density at radius 1 is 0.433 bits per heavy atom. The quantitative estimate of drug-likeness (QED) is 0.168. The van der Waals surface area contributed by atoms with E-state index >= 15 is 0 Å². The van der Waals surface area contributed by atoms with E-state index in [0.717, 1.165) is 50.3 Å². The van der Waals surface area contributed by atoms with E-state index in [0.29, 0.717) is 0 Å². The minimum absolute atomic E-state index is 0.136. The maximum atomic E-state index is 6.72. The largest absolute Gasteiger partial charge is 0.456 e. The molecule has 0 saturated heterocycles. The number of furan rings is 1. The van der Waals surface area contributed by atoms with E-state index in [1.807, 2.05) is 0 Å². The van der Waals surface area contributed by atoms with Gasteiger partial charge in [-0.1, -0.05) is 147 Å². The monoisotopic (exact) mass is 768 g/mol. The van der Waals surface area contributed by atoms with Crippen molar-refractivity contribution in [3.63, 3.8) is 0 Å². The highest BCUT2D eigenvalue weighted by Gasteiger charge is 2.38. The van der Waals surface area contributed by atoms with Gasteiger partial charge in [-0.15, -0.1) is 0 Å². The van der Waals surface area contributed by atoms with Crippen LogP contribution in [0.1, 0.15) is 25.0 Å². The Morgan fingerprint density at radius 3 is 1.88 bits per heavy atom. The van der Waals surface area contributed by atoms with Crippen LogP contribution in [0.3, 0.4) is 0 Å². The van der Waals surface area contributed by atoms with E-state index < -0.39 is 0 Å². The molecular formula is C57H40N2O. The van der Waals surface area contributed by atoms with Crippen LogP contribution in [0.15, 0.2) is 211 Å². The molecule has 0 fully saturated rings. The van der Waals surface area contributed by atoms with Gasteiger partial charge in [-0.05, 0) is 112 Å². The SMILES string of the molecule is CC1(C)c2ccccc2-c2c(N(c3ccc(-c4ccccc4)cc3)c3cccc4oc5ccc(-c6ccc7c(c6)c6ccccc6n7-c6ccccc6)cc5c34)cccc21.